The summed E-state index contributed by atoms with van der Waals surface area (Å²) in [6.45, 7) is 1.80. The summed E-state index contributed by atoms with van der Waals surface area (Å²) in [6.07, 6.45) is 0. The molecule has 0 saturated carbocycles. The number of halogens is 1. The van der Waals surface area contributed by atoms with Gasteiger partial charge in [-0.25, -0.2) is 0 Å². The highest BCUT2D eigenvalue weighted by Crippen LogP contribution is 2.16. The van der Waals surface area contributed by atoms with Crippen LogP contribution in [0, 0.1) is 6.92 Å². The zero-order valence-corrected chi connectivity index (χ0v) is 10.6. The van der Waals surface area contributed by atoms with Crippen molar-refractivity contribution in [1.29, 1.82) is 0 Å². The summed E-state index contributed by atoms with van der Waals surface area (Å²) in [6, 6.07) is 11.7. The first-order valence-electron chi connectivity index (χ1n) is 5.54. The van der Waals surface area contributed by atoms with E-state index in [1.807, 2.05) is 0 Å². The van der Waals surface area contributed by atoms with Crippen LogP contribution in [0.15, 0.2) is 47.3 Å². The first kappa shape index (κ1) is 12.6. The Labute approximate surface area is 110 Å². The third-order valence-electron chi connectivity index (χ3n) is 2.74. The van der Waals surface area contributed by atoms with Gasteiger partial charge in [0.05, 0.1) is 11.6 Å². The quantitative estimate of drug-likeness (QED) is 0.797. The smallest absolute Gasteiger partial charge is 0.251 e. The fourth-order valence-electron chi connectivity index (χ4n) is 1.74. The van der Waals surface area contributed by atoms with E-state index in [-0.39, 0.29) is 17.9 Å². The van der Waals surface area contributed by atoms with Crippen LogP contribution in [0.1, 0.15) is 16.1 Å². The van der Waals surface area contributed by atoms with Gasteiger partial charge in [-0.1, -0.05) is 29.8 Å². The minimum atomic E-state index is -0.185. The topological polar surface area (TPSA) is 39.1 Å². The minimum Gasteiger partial charge on any atom is -0.305 e. The van der Waals surface area contributed by atoms with Crippen molar-refractivity contribution in [2.75, 3.05) is 0 Å². The fourth-order valence-corrected chi connectivity index (χ4v) is 1.98. The molecule has 0 spiro atoms. The van der Waals surface area contributed by atoms with Crippen LogP contribution in [-0.4, -0.2) is 10.4 Å². The molecule has 2 rings (SSSR count). The molecule has 2 aromatic rings. The largest absolute Gasteiger partial charge is 0.305 e. The molecule has 0 aliphatic heterocycles. The molecule has 1 aromatic carbocycles. The van der Waals surface area contributed by atoms with E-state index in [1.54, 1.807) is 43.3 Å². The second-order valence-electron chi connectivity index (χ2n) is 3.99. The monoisotopic (exact) mass is 261 g/mol. The summed E-state index contributed by atoms with van der Waals surface area (Å²) in [7, 11) is 0. The number of carbonyl (C=O) groups is 1. The Kier molecular flexibility index (Phi) is 3.63. The number of rotatable bonds is 3. The number of nitrogens with zero attached hydrogens (tertiary/aromatic N) is 1. The molecule has 18 heavy (non-hydrogen) atoms. The van der Waals surface area contributed by atoms with Crippen molar-refractivity contribution in [2.45, 2.75) is 13.5 Å². The Morgan fingerprint density at radius 1 is 1.17 bits per heavy atom. The standard InChI is InChI=1S/C14H12ClNO2/c1-10-5-4-8-14(18)16(10)9-13(17)11-6-2-3-7-12(11)15/h2-8H,9H2,1H3. The number of benzene rings is 1. The van der Waals surface area contributed by atoms with Crippen molar-refractivity contribution in [3.63, 3.8) is 0 Å². The lowest BCUT2D eigenvalue weighted by Gasteiger charge is -2.09. The molecule has 3 nitrogen and oxygen atoms in total. The average molecular weight is 262 g/mol. The van der Waals surface area contributed by atoms with Gasteiger partial charge in [-0.2, -0.15) is 0 Å². The van der Waals surface area contributed by atoms with Gasteiger partial charge in [0.2, 0.25) is 0 Å². The van der Waals surface area contributed by atoms with Gasteiger partial charge < -0.3 is 4.57 Å². The van der Waals surface area contributed by atoms with Crippen LogP contribution in [0.5, 0.6) is 0 Å². The summed E-state index contributed by atoms with van der Waals surface area (Å²) in [5.74, 6) is -0.169. The molecular formula is C14H12ClNO2. The van der Waals surface area contributed by atoms with Crippen molar-refractivity contribution in [1.82, 2.24) is 4.57 Å². The number of pyridine rings is 1. The van der Waals surface area contributed by atoms with Gasteiger partial charge in [0.1, 0.15) is 0 Å². The lowest BCUT2D eigenvalue weighted by Crippen LogP contribution is -2.25. The van der Waals surface area contributed by atoms with Gasteiger partial charge >= 0.3 is 0 Å². The lowest BCUT2D eigenvalue weighted by molar-refractivity contribution is 0.0970. The summed E-state index contributed by atoms with van der Waals surface area (Å²) < 4.78 is 1.44. The average Bonchev–Trinajstić information content (AvgIpc) is 2.34. The normalized spacial score (nSPS) is 10.3. The second kappa shape index (κ2) is 5.19. The highest BCUT2D eigenvalue weighted by molar-refractivity contribution is 6.33. The molecule has 0 unspecified atom stereocenters. The molecule has 0 saturated heterocycles. The van der Waals surface area contributed by atoms with E-state index in [9.17, 15) is 9.59 Å². The summed E-state index contributed by atoms with van der Waals surface area (Å²) in [4.78, 5) is 23.8. The predicted octanol–water partition coefficient (Wildman–Crippen LogP) is 2.69. The van der Waals surface area contributed by atoms with Gasteiger partial charge in [-0.15, -0.1) is 0 Å². The van der Waals surface area contributed by atoms with Gasteiger partial charge in [-0.3, -0.25) is 9.59 Å². The second-order valence-corrected chi connectivity index (χ2v) is 4.40. The number of Topliss-reactive ketones (excluding diaryl/α,β-unsaturated/α-hetero) is 1. The van der Waals surface area contributed by atoms with Crippen LogP contribution < -0.4 is 5.56 Å². The maximum Gasteiger partial charge on any atom is 0.251 e. The van der Waals surface area contributed by atoms with Gasteiger partial charge in [0.15, 0.2) is 5.78 Å². The maximum atomic E-state index is 12.1. The Bertz CT molecular complexity index is 646. The highest BCUT2D eigenvalue weighted by atomic mass is 35.5. The van der Waals surface area contributed by atoms with Crippen LogP contribution >= 0.6 is 11.6 Å². The number of aromatic nitrogens is 1. The Morgan fingerprint density at radius 3 is 2.56 bits per heavy atom. The molecule has 0 bridgehead atoms. The molecule has 0 aliphatic rings. The molecule has 4 heteroatoms. The maximum absolute atomic E-state index is 12.1. The molecule has 1 aromatic heterocycles. The third-order valence-corrected chi connectivity index (χ3v) is 3.07. The number of ketones is 1. The van der Waals surface area contributed by atoms with Crippen LogP contribution in [0.3, 0.4) is 0 Å². The van der Waals surface area contributed by atoms with Crippen molar-refractivity contribution in [3.8, 4) is 0 Å². The van der Waals surface area contributed by atoms with Crippen LogP contribution in [0.4, 0.5) is 0 Å². The van der Waals surface area contributed by atoms with Gasteiger partial charge in [0, 0.05) is 17.3 Å². The third kappa shape index (κ3) is 2.51. The van der Waals surface area contributed by atoms with E-state index in [0.29, 0.717) is 10.6 Å². The molecule has 0 radical (unpaired) electrons. The number of hydrogen-bond acceptors (Lipinski definition) is 2. The van der Waals surface area contributed by atoms with E-state index in [2.05, 4.69) is 0 Å². The van der Waals surface area contributed by atoms with E-state index < -0.39 is 0 Å². The SMILES string of the molecule is Cc1cccc(=O)n1CC(=O)c1ccccc1Cl. The summed E-state index contributed by atoms with van der Waals surface area (Å²) in [5.41, 5.74) is 1.01. The van der Waals surface area contributed by atoms with Crippen molar-refractivity contribution in [2.24, 2.45) is 0 Å². The van der Waals surface area contributed by atoms with E-state index in [0.717, 1.165) is 5.69 Å². The molecule has 0 atom stereocenters. The van der Waals surface area contributed by atoms with Crippen LogP contribution in [0.2, 0.25) is 5.02 Å². The zero-order valence-electron chi connectivity index (χ0n) is 9.89. The summed E-state index contributed by atoms with van der Waals surface area (Å²) in [5, 5.41) is 0.407. The Hall–Kier alpha value is -1.87. The molecule has 92 valence electrons. The minimum absolute atomic E-state index is 0.00917. The Morgan fingerprint density at radius 2 is 1.89 bits per heavy atom. The fraction of sp³-hybridized carbons (Fsp3) is 0.143. The van der Waals surface area contributed by atoms with Crippen molar-refractivity contribution < 1.29 is 4.79 Å². The van der Waals surface area contributed by atoms with Crippen molar-refractivity contribution >= 4 is 17.4 Å². The lowest BCUT2D eigenvalue weighted by atomic mass is 10.1. The van der Waals surface area contributed by atoms with Crippen LogP contribution in [0.25, 0.3) is 0 Å². The van der Waals surface area contributed by atoms with Gasteiger partial charge in [0.25, 0.3) is 5.56 Å². The van der Waals surface area contributed by atoms with E-state index in [4.69, 9.17) is 11.6 Å². The molecule has 1 heterocycles. The molecular weight excluding hydrogens is 250 g/mol. The number of carbonyl (C=O) groups excluding carboxylic acids is 1. The predicted molar refractivity (Wildman–Crippen MR) is 71.2 cm³/mol. The summed E-state index contributed by atoms with van der Waals surface area (Å²) >= 11 is 5.96. The van der Waals surface area contributed by atoms with Crippen molar-refractivity contribution in [3.05, 3.63) is 69.1 Å². The van der Waals surface area contributed by atoms with Crippen LogP contribution in [-0.2, 0) is 6.54 Å². The van der Waals surface area contributed by atoms with E-state index in [1.165, 1.54) is 10.6 Å². The first-order chi connectivity index (χ1) is 8.59. The molecule has 0 amide bonds. The molecule has 0 N–H and O–H groups in total. The number of hydrogen-bond donors (Lipinski definition) is 0. The van der Waals surface area contributed by atoms with Gasteiger partial charge in [-0.05, 0) is 25.1 Å². The molecule has 0 aliphatic carbocycles. The van der Waals surface area contributed by atoms with E-state index >= 15 is 0 Å². The Balaban J connectivity index is 2.33. The molecule has 0 fully saturated rings. The number of aryl methyl sites for hydroxylation is 1. The zero-order chi connectivity index (χ0) is 13.1. The highest BCUT2D eigenvalue weighted by Gasteiger charge is 2.11. The first-order valence-corrected chi connectivity index (χ1v) is 5.91.